The number of aromatic nitrogens is 1. The number of hydrogen-bond donors (Lipinski definition) is 2. The lowest BCUT2D eigenvalue weighted by molar-refractivity contribution is -0.121. The number of rotatable bonds is 8. The van der Waals surface area contributed by atoms with Gasteiger partial charge in [-0.2, -0.15) is 0 Å². The van der Waals surface area contributed by atoms with Crippen LogP contribution in [-0.4, -0.2) is 30.3 Å². The maximum atomic E-state index is 12.2. The second kappa shape index (κ2) is 11.3. The number of benzene rings is 1. The molecule has 1 atom stereocenters. The van der Waals surface area contributed by atoms with Crippen LogP contribution in [0.15, 0.2) is 23.6 Å². The van der Waals surface area contributed by atoms with E-state index in [2.05, 4.69) is 17.2 Å². The number of nitrogens with zero attached hydrogens (tertiary/aromatic N) is 1. The second-order valence-electron chi connectivity index (χ2n) is 6.03. The molecule has 9 heteroatoms. The smallest absolute Gasteiger partial charge is 0.231 e. The predicted molar refractivity (Wildman–Crippen MR) is 112 cm³/mol. The maximum absolute atomic E-state index is 12.2. The lowest BCUT2D eigenvalue weighted by Crippen LogP contribution is -2.40. The van der Waals surface area contributed by atoms with Crippen LogP contribution in [0.2, 0.25) is 0 Å². The highest BCUT2D eigenvalue weighted by atomic mass is 35.5. The lowest BCUT2D eigenvalue weighted by atomic mass is 10.1. The first-order valence-corrected chi connectivity index (χ1v) is 9.41. The first kappa shape index (κ1) is 23.5. The highest BCUT2D eigenvalue weighted by Gasteiger charge is 2.16. The van der Waals surface area contributed by atoms with Crippen LogP contribution >= 0.6 is 36.2 Å². The van der Waals surface area contributed by atoms with Crippen molar-refractivity contribution in [3.05, 3.63) is 29.3 Å². The molecule has 2 heterocycles. The van der Waals surface area contributed by atoms with Crippen LogP contribution in [0.1, 0.15) is 31.9 Å². The fourth-order valence-electron chi connectivity index (χ4n) is 2.69. The fraction of sp³-hybridized carbons (Fsp3) is 0.444. The summed E-state index contributed by atoms with van der Waals surface area (Å²) in [6.07, 6.45) is 3.34. The number of carbonyl (C=O) groups excluding carboxylic acids is 1. The number of unbranched alkanes of at least 4 members (excludes halogenated alkanes) is 1. The van der Waals surface area contributed by atoms with E-state index in [0.29, 0.717) is 6.54 Å². The standard InChI is InChI=1S/C18H23N3O3S.2ClH/c1-2-3-4-13(9-19)20-17(22)8-14-10-25-18(21-14)12-5-6-15-16(7-12)24-11-23-15;;/h5-7,10,13H,2-4,8-9,11,19H2,1H3,(H,20,22);2*1H. The molecule has 1 aromatic carbocycles. The van der Waals surface area contributed by atoms with Gasteiger partial charge in [0, 0.05) is 23.5 Å². The molecule has 1 aliphatic heterocycles. The van der Waals surface area contributed by atoms with Crippen molar-refractivity contribution in [2.45, 2.75) is 38.6 Å². The lowest BCUT2D eigenvalue weighted by Gasteiger charge is -2.15. The minimum atomic E-state index is -0.0333. The number of nitrogens with two attached hydrogens (primary N) is 1. The van der Waals surface area contributed by atoms with Gasteiger partial charge in [-0.15, -0.1) is 36.2 Å². The van der Waals surface area contributed by atoms with Crippen LogP contribution in [-0.2, 0) is 11.2 Å². The molecule has 0 fully saturated rings. The molecular formula is C18H25Cl2N3O3S. The summed E-state index contributed by atoms with van der Waals surface area (Å²) >= 11 is 1.52. The van der Waals surface area contributed by atoms with Gasteiger partial charge < -0.3 is 20.5 Å². The molecule has 0 spiro atoms. The van der Waals surface area contributed by atoms with Gasteiger partial charge in [0.1, 0.15) is 5.01 Å². The van der Waals surface area contributed by atoms with Crippen LogP contribution < -0.4 is 20.5 Å². The Labute approximate surface area is 175 Å². The van der Waals surface area contributed by atoms with Crippen molar-refractivity contribution in [2.75, 3.05) is 13.3 Å². The summed E-state index contributed by atoms with van der Waals surface area (Å²) in [5, 5.41) is 5.78. The Balaban J connectivity index is 0.00000182. The summed E-state index contributed by atoms with van der Waals surface area (Å²) in [6, 6.07) is 5.79. The zero-order valence-corrected chi connectivity index (χ0v) is 17.6. The van der Waals surface area contributed by atoms with Crippen LogP contribution in [0.3, 0.4) is 0 Å². The van der Waals surface area contributed by atoms with Gasteiger partial charge in [-0.05, 0) is 24.6 Å². The molecule has 0 saturated carbocycles. The van der Waals surface area contributed by atoms with E-state index < -0.39 is 0 Å². The van der Waals surface area contributed by atoms with E-state index >= 15 is 0 Å². The largest absolute Gasteiger partial charge is 0.454 e. The molecule has 0 radical (unpaired) electrons. The van der Waals surface area contributed by atoms with E-state index in [1.807, 2.05) is 23.6 Å². The van der Waals surface area contributed by atoms with Crippen molar-refractivity contribution in [1.29, 1.82) is 0 Å². The van der Waals surface area contributed by atoms with Gasteiger partial charge in [0.25, 0.3) is 0 Å². The number of thiazole rings is 1. The van der Waals surface area contributed by atoms with Gasteiger partial charge in [-0.25, -0.2) is 4.98 Å². The molecule has 27 heavy (non-hydrogen) atoms. The fourth-order valence-corrected chi connectivity index (χ4v) is 3.51. The predicted octanol–water partition coefficient (Wildman–Crippen LogP) is 3.56. The first-order chi connectivity index (χ1) is 12.2. The number of carbonyl (C=O) groups is 1. The topological polar surface area (TPSA) is 86.5 Å². The van der Waals surface area contributed by atoms with E-state index in [4.69, 9.17) is 15.2 Å². The van der Waals surface area contributed by atoms with Crippen LogP contribution in [0.5, 0.6) is 11.5 Å². The van der Waals surface area contributed by atoms with E-state index in [1.165, 1.54) is 11.3 Å². The van der Waals surface area contributed by atoms with Gasteiger partial charge in [0.2, 0.25) is 12.7 Å². The summed E-state index contributed by atoms with van der Waals surface area (Å²) in [6.45, 7) is 2.84. The third-order valence-corrected chi connectivity index (χ3v) is 5.01. The molecule has 0 bridgehead atoms. The molecule has 1 aromatic heterocycles. The molecule has 3 rings (SSSR count). The average molecular weight is 434 g/mol. The number of hydrogen-bond acceptors (Lipinski definition) is 6. The van der Waals surface area contributed by atoms with E-state index in [1.54, 1.807) is 0 Å². The summed E-state index contributed by atoms with van der Waals surface area (Å²) in [5.41, 5.74) is 7.46. The Morgan fingerprint density at radius 2 is 2.11 bits per heavy atom. The Kier molecular flexibility index (Phi) is 9.87. The minimum Gasteiger partial charge on any atom is -0.454 e. The maximum Gasteiger partial charge on any atom is 0.231 e. The molecule has 0 saturated heterocycles. The Morgan fingerprint density at radius 1 is 1.33 bits per heavy atom. The van der Waals surface area contributed by atoms with E-state index in [-0.39, 0.29) is 50.0 Å². The second-order valence-corrected chi connectivity index (χ2v) is 6.89. The molecule has 6 nitrogen and oxygen atoms in total. The van der Waals surface area contributed by atoms with E-state index in [0.717, 1.165) is 47.0 Å². The molecule has 2 aromatic rings. The van der Waals surface area contributed by atoms with E-state index in [9.17, 15) is 4.79 Å². The Hall–Kier alpha value is -1.54. The van der Waals surface area contributed by atoms with Gasteiger partial charge >= 0.3 is 0 Å². The average Bonchev–Trinajstić information content (AvgIpc) is 3.26. The Morgan fingerprint density at radius 3 is 2.85 bits per heavy atom. The SMILES string of the molecule is CCCCC(CN)NC(=O)Cc1csc(-c2ccc3c(c2)OCO3)n1.Cl.Cl. The third-order valence-electron chi connectivity index (χ3n) is 4.07. The zero-order chi connectivity index (χ0) is 17.6. The van der Waals surface area contributed by atoms with Crippen LogP contribution in [0.25, 0.3) is 10.6 Å². The minimum absolute atomic E-state index is 0. The highest BCUT2D eigenvalue weighted by molar-refractivity contribution is 7.13. The Bertz CT molecular complexity index is 742. The van der Waals surface area contributed by atoms with Crippen molar-refractivity contribution in [3.63, 3.8) is 0 Å². The summed E-state index contributed by atoms with van der Waals surface area (Å²) in [5.74, 6) is 1.45. The van der Waals surface area contributed by atoms with Gasteiger partial charge in [-0.1, -0.05) is 19.8 Å². The van der Waals surface area contributed by atoms with Crippen LogP contribution in [0, 0.1) is 0 Å². The monoisotopic (exact) mass is 433 g/mol. The zero-order valence-electron chi connectivity index (χ0n) is 15.1. The molecule has 150 valence electrons. The van der Waals surface area contributed by atoms with Crippen molar-refractivity contribution in [2.24, 2.45) is 5.73 Å². The number of nitrogens with one attached hydrogen (secondary N) is 1. The summed E-state index contributed by atoms with van der Waals surface area (Å²) in [4.78, 5) is 16.8. The van der Waals surface area contributed by atoms with Gasteiger partial charge in [0.15, 0.2) is 11.5 Å². The van der Waals surface area contributed by atoms with Crippen molar-refractivity contribution in [3.8, 4) is 22.1 Å². The molecular weight excluding hydrogens is 409 g/mol. The van der Waals surface area contributed by atoms with Crippen molar-refractivity contribution < 1.29 is 14.3 Å². The molecule has 3 N–H and O–H groups in total. The number of halogens is 2. The third kappa shape index (κ3) is 6.24. The van der Waals surface area contributed by atoms with Crippen molar-refractivity contribution in [1.82, 2.24) is 10.3 Å². The molecule has 0 aliphatic carbocycles. The first-order valence-electron chi connectivity index (χ1n) is 8.53. The van der Waals surface area contributed by atoms with Gasteiger partial charge in [0.05, 0.1) is 12.1 Å². The molecule has 1 unspecified atom stereocenters. The normalized spacial score (nSPS) is 12.7. The number of ether oxygens (including phenoxy) is 2. The summed E-state index contributed by atoms with van der Waals surface area (Å²) in [7, 11) is 0. The van der Waals surface area contributed by atoms with Crippen molar-refractivity contribution >= 4 is 42.1 Å². The number of fused-ring (bicyclic) bond motifs is 1. The quantitative estimate of drug-likeness (QED) is 0.664. The van der Waals surface area contributed by atoms with Gasteiger partial charge in [-0.3, -0.25) is 4.79 Å². The summed E-state index contributed by atoms with van der Waals surface area (Å²) < 4.78 is 10.7. The molecule has 1 amide bonds. The highest BCUT2D eigenvalue weighted by Crippen LogP contribution is 2.36. The van der Waals surface area contributed by atoms with Crippen LogP contribution in [0.4, 0.5) is 0 Å². The number of amides is 1. The molecule has 1 aliphatic rings.